The molecule has 3 atom stereocenters. The first-order chi connectivity index (χ1) is 7.43. The fourth-order valence-electron chi connectivity index (χ4n) is 2.36. The lowest BCUT2D eigenvalue weighted by Crippen LogP contribution is -2.45. The van der Waals surface area contributed by atoms with E-state index in [0.717, 1.165) is 6.42 Å². The quantitative estimate of drug-likeness (QED) is 0.775. The van der Waals surface area contributed by atoms with Gasteiger partial charge in [0.2, 0.25) is 0 Å². The fraction of sp³-hybridized carbons (Fsp3) is 0.917. The zero-order valence-corrected chi connectivity index (χ0v) is 10.6. The third-order valence-corrected chi connectivity index (χ3v) is 3.40. The molecule has 0 aromatic heterocycles. The molecule has 4 nitrogen and oxygen atoms in total. The summed E-state index contributed by atoms with van der Waals surface area (Å²) in [6.45, 7) is 7.40. The van der Waals surface area contributed by atoms with Crippen LogP contribution in [0.25, 0.3) is 0 Å². The van der Waals surface area contributed by atoms with E-state index in [1.165, 1.54) is 0 Å². The van der Waals surface area contributed by atoms with Crippen molar-refractivity contribution in [1.29, 1.82) is 0 Å². The van der Waals surface area contributed by atoms with Crippen LogP contribution < -0.4 is 0 Å². The number of carbonyl (C=O) groups is 1. The summed E-state index contributed by atoms with van der Waals surface area (Å²) in [5.74, 6) is -0.492. The van der Waals surface area contributed by atoms with Gasteiger partial charge in [0.1, 0.15) is 0 Å². The number of carboxylic acid groups (broad SMARTS) is 1. The van der Waals surface area contributed by atoms with E-state index in [9.17, 15) is 4.79 Å². The van der Waals surface area contributed by atoms with Crippen molar-refractivity contribution in [3.63, 3.8) is 0 Å². The minimum absolute atomic E-state index is 0.0197. The molecule has 16 heavy (non-hydrogen) atoms. The number of hydrogen-bond donors (Lipinski definition) is 1. The Morgan fingerprint density at radius 2 is 2.06 bits per heavy atom. The van der Waals surface area contributed by atoms with Gasteiger partial charge in [0.25, 0.3) is 0 Å². The van der Waals surface area contributed by atoms with Crippen molar-refractivity contribution >= 4 is 5.97 Å². The summed E-state index contributed by atoms with van der Waals surface area (Å²) < 4.78 is 5.28. The zero-order valence-electron chi connectivity index (χ0n) is 10.6. The molecule has 1 rings (SSSR count). The van der Waals surface area contributed by atoms with Crippen LogP contribution in [0.3, 0.4) is 0 Å². The summed E-state index contributed by atoms with van der Waals surface area (Å²) in [6, 6.07) is 0.416. The average Bonchev–Trinajstić information content (AvgIpc) is 2.63. The minimum Gasteiger partial charge on any atom is -0.481 e. The first-order valence-electron chi connectivity index (χ1n) is 5.96. The van der Waals surface area contributed by atoms with Gasteiger partial charge >= 0.3 is 5.97 Å². The molecule has 0 aromatic carbocycles. The van der Waals surface area contributed by atoms with Gasteiger partial charge in [-0.2, -0.15) is 0 Å². The summed E-state index contributed by atoms with van der Waals surface area (Å²) in [4.78, 5) is 13.2. The summed E-state index contributed by atoms with van der Waals surface area (Å²) in [5, 5.41) is 9.09. The molecule has 1 aliphatic heterocycles. The van der Waals surface area contributed by atoms with E-state index >= 15 is 0 Å². The topological polar surface area (TPSA) is 49.8 Å². The molecule has 3 unspecified atom stereocenters. The smallest absolute Gasteiger partial charge is 0.310 e. The van der Waals surface area contributed by atoms with E-state index < -0.39 is 5.97 Å². The maximum Gasteiger partial charge on any atom is 0.310 e. The molecule has 0 aromatic rings. The first kappa shape index (κ1) is 13.5. The van der Waals surface area contributed by atoms with Crippen molar-refractivity contribution in [2.75, 3.05) is 20.3 Å². The van der Waals surface area contributed by atoms with Gasteiger partial charge in [-0.15, -0.1) is 0 Å². The Labute approximate surface area is 97.6 Å². The number of rotatable bonds is 5. The van der Waals surface area contributed by atoms with Gasteiger partial charge in [-0.25, -0.2) is 0 Å². The van der Waals surface area contributed by atoms with Crippen molar-refractivity contribution < 1.29 is 14.6 Å². The Morgan fingerprint density at radius 3 is 2.56 bits per heavy atom. The Hall–Kier alpha value is -0.610. The molecule has 4 heteroatoms. The van der Waals surface area contributed by atoms with Gasteiger partial charge in [-0.05, 0) is 26.3 Å². The highest BCUT2D eigenvalue weighted by Gasteiger charge is 2.37. The number of aliphatic carboxylic acids is 1. The molecular formula is C12H23NO3. The van der Waals surface area contributed by atoms with Crippen molar-refractivity contribution in [3.05, 3.63) is 0 Å². The van der Waals surface area contributed by atoms with Crippen LogP contribution >= 0.6 is 0 Å². The SMILES string of the molecule is CC(C)CC(C)N(C)C1COCC1C(=O)O. The zero-order chi connectivity index (χ0) is 12.3. The largest absolute Gasteiger partial charge is 0.481 e. The van der Waals surface area contributed by atoms with Gasteiger partial charge in [-0.1, -0.05) is 13.8 Å². The maximum atomic E-state index is 11.1. The van der Waals surface area contributed by atoms with Crippen LogP contribution in [0, 0.1) is 11.8 Å². The summed E-state index contributed by atoms with van der Waals surface area (Å²) >= 11 is 0. The number of hydrogen-bond acceptors (Lipinski definition) is 3. The Balaban J connectivity index is 2.58. The van der Waals surface area contributed by atoms with Crippen molar-refractivity contribution in [1.82, 2.24) is 4.90 Å². The van der Waals surface area contributed by atoms with Gasteiger partial charge in [0, 0.05) is 12.1 Å². The molecule has 1 aliphatic rings. The number of likely N-dealkylation sites (N-methyl/N-ethyl adjacent to an activating group) is 1. The monoisotopic (exact) mass is 229 g/mol. The van der Waals surface area contributed by atoms with Crippen LogP contribution in [0.5, 0.6) is 0 Å². The standard InChI is InChI=1S/C12H23NO3/c1-8(2)5-9(3)13(4)11-7-16-6-10(11)12(14)15/h8-11H,5-7H2,1-4H3,(H,14,15). The van der Waals surface area contributed by atoms with Gasteiger partial charge in [0.15, 0.2) is 0 Å². The Morgan fingerprint density at radius 1 is 1.44 bits per heavy atom. The lowest BCUT2D eigenvalue weighted by molar-refractivity contribution is -0.143. The van der Waals surface area contributed by atoms with E-state index in [-0.39, 0.29) is 12.0 Å². The highest BCUT2D eigenvalue weighted by atomic mass is 16.5. The van der Waals surface area contributed by atoms with Gasteiger partial charge in [-0.3, -0.25) is 9.69 Å². The second-order valence-electron chi connectivity index (χ2n) is 5.19. The molecular weight excluding hydrogens is 206 g/mol. The van der Waals surface area contributed by atoms with Crippen LogP contribution in [0.15, 0.2) is 0 Å². The van der Waals surface area contributed by atoms with E-state index in [4.69, 9.17) is 9.84 Å². The first-order valence-corrected chi connectivity index (χ1v) is 5.96. The molecule has 0 spiro atoms. The second-order valence-corrected chi connectivity index (χ2v) is 5.19. The van der Waals surface area contributed by atoms with E-state index in [1.807, 2.05) is 7.05 Å². The Bertz CT molecular complexity index is 242. The third-order valence-electron chi connectivity index (χ3n) is 3.40. The normalized spacial score (nSPS) is 27.6. The molecule has 0 saturated carbocycles. The number of carboxylic acids is 1. The lowest BCUT2D eigenvalue weighted by Gasteiger charge is -2.32. The van der Waals surface area contributed by atoms with Crippen LogP contribution in [0.4, 0.5) is 0 Å². The summed E-state index contributed by atoms with van der Waals surface area (Å²) in [6.07, 6.45) is 1.08. The molecule has 1 heterocycles. The molecule has 94 valence electrons. The van der Waals surface area contributed by atoms with Crippen molar-refractivity contribution in [2.45, 2.75) is 39.3 Å². The van der Waals surface area contributed by atoms with Gasteiger partial charge in [0.05, 0.1) is 19.1 Å². The third kappa shape index (κ3) is 3.19. The predicted molar refractivity (Wildman–Crippen MR) is 62.4 cm³/mol. The van der Waals surface area contributed by atoms with Crippen LogP contribution in [-0.4, -0.2) is 48.3 Å². The van der Waals surface area contributed by atoms with Crippen molar-refractivity contribution in [3.8, 4) is 0 Å². The predicted octanol–water partition coefficient (Wildman–Crippen LogP) is 1.45. The molecule has 0 bridgehead atoms. The molecule has 0 aliphatic carbocycles. The maximum absolute atomic E-state index is 11.1. The minimum atomic E-state index is -0.744. The fourth-order valence-corrected chi connectivity index (χ4v) is 2.36. The molecule has 1 fully saturated rings. The molecule has 0 radical (unpaired) electrons. The highest BCUT2D eigenvalue weighted by Crippen LogP contribution is 2.22. The van der Waals surface area contributed by atoms with Crippen LogP contribution in [0.1, 0.15) is 27.2 Å². The highest BCUT2D eigenvalue weighted by molar-refractivity contribution is 5.71. The van der Waals surface area contributed by atoms with E-state index in [0.29, 0.717) is 25.2 Å². The molecule has 1 N–H and O–H groups in total. The van der Waals surface area contributed by atoms with Crippen LogP contribution in [0.2, 0.25) is 0 Å². The summed E-state index contributed by atoms with van der Waals surface area (Å²) in [7, 11) is 2.00. The van der Waals surface area contributed by atoms with Gasteiger partial charge < -0.3 is 9.84 Å². The number of nitrogens with zero attached hydrogens (tertiary/aromatic N) is 1. The average molecular weight is 229 g/mol. The van der Waals surface area contributed by atoms with Crippen LogP contribution in [-0.2, 0) is 9.53 Å². The van der Waals surface area contributed by atoms with Crippen molar-refractivity contribution in [2.24, 2.45) is 11.8 Å². The summed E-state index contributed by atoms with van der Waals surface area (Å²) in [5.41, 5.74) is 0. The van der Waals surface area contributed by atoms with E-state index in [2.05, 4.69) is 25.7 Å². The van der Waals surface area contributed by atoms with E-state index in [1.54, 1.807) is 0 Å². The second kappa shape index (κ2) is 5.64. The Kier molecular flexibility index (Phi) is 4.74. The lowest BCUT2D eigenvalue weighted by atomic mass is 9.98. The number of ether oxygens (including phenoxy) is 1. The molecule has 1 saturated heterocycles. The molecule has 0 amide bonds.